The third-order valence-electron chi connectivity index (χ3n) is 6.87. The van der Waals surface area contributed by atoms with Gasteiger partial charge in [0.25, 0.3) is 0 Å². The van der Waals surface area contributed by atoms with Crippen LogP contribution in [0.3, 0.4) is 0 Å². The van der Waals surface area contributed by atoms with E-state index in [1.165, 1.54) is 7.11 Å². The number of benzene rings is 3. The Labute approximate surface area is 234 Å². The van der Waals surface area contributed by atoms with Crippen LogP contribution in [0.15, 0.2) is 66.7 Å². The summed E-state index contributed by atoms with van der Waals surface area (Å²) in [5, 5.41) is 3.62. The second kappa shape index (κ2) is 13.5. The van der Waals surface area contributed by atoms with Crippen LogP contribution in [0.25, 0.3) is 0 Å². The van der Waals surface area contributed by atoms with Gasteiger partial charge in [-0.05, 0) is 60.0 Å². The Bertz CT molecular complexity index is 1290. The monoisotopic (exact) mass is 551 g/mol. The van der Waals surface area contributed by atoms with Gasteiger partial charge in [0.1, 0.15) is 5.75 Å². The van der Waals surface area contributed by atoms with Crippen LogP contribution in [0.5, 0.6) is 5.75 Å². The molecule has 1 saturated heterocycles. The normalized spacial score (nSPS) is 14.5. The van der Waals surface area contributed by atoms with Gasteiger partial charge in [0.15, 0.2) is 0 Å². The van der Waals surface area contributed by atoms with E-state index in [1.807, 2.05) is 48.5 Å². The molecule has 0 saturated carbocycles. The molecule has 1 N–H and O–H groups in total. The fourth-order valence-corrected chi connectivity index (χ4v) is 4.80. The third kappa shape index (κ3) is 7.50. The zero-order valence-electron chi connectivity index (χ0n) is 22.5. The molecule has 39 heavy (non-hydrogen) atoms. The van der Waals surface area contributed by atoms with Gasteiger partial charge in [-0.2, -0.15) is 0 Å². The Balaban J connectivity index is 1.38. The van der Waals surface area contributed by atoms with E-state index in [0.29, 0.717) is 61.2 Å². The minimum absolute atomic E-state index is 0.192. The number of rotatable bonds is 9. The molecule has 2 amide bonds. The number of ether oxygens (including phenoxy) is 3. The zero-order chi connectivity index (χ0) is 27.8. The molecule has 0 radical (unpaired) electrons. The maximum atomic E-state index is 13.0. The van der Waals surface area contributed by atoms with Gasteiger partial charge in [0.05, 0.1) is 32.5 Å². The van der Waals surface area contributed by atoms with Gasteiger partial charge in [-0.1, -0.05) is 41.9 Å². The van der Waals surface area contributed by atoms with E-state index in [-0.39, 0.29) is 12.1 Å². The molecule has 0 aliphatic carbocycles. The predicted octanol–water partition coefficient (Wildman–Crippen LogP) is 5.55. The standard InChI is InChI=1S/C30H34ClN3O5/c1-21-26(29(35)38-3)11-6-12-27(21)32-30(36)34-15-13-33(14-16-34)19-28(23-8-5-10-25(18-23)37-2)39-20-22-7-4-9-24(31)17-22/h4-12,17-18,28H,13-16,19-20H2,1-3H3,(H,32,36). The first-order valence-electron chi connectivity index (χ1n) is 12.8. The lowest BCUT2D eigenvalue weighted by atomic mass is 10.1. The molecule has 1 fully saturated rings. The minimum Gasteiger partial charge on any atom is -0.497 e. The number of nitrogens with zero attached hydrogens (tertiary/aromatic N) is 2. The van der Waals surface area contributed by atoms with Crippen molar-refractivity contribution < 1.29 is 23.8 Å². The number of nitrogens with one attached hydrogen (secondary N) is 1. The number of anilines is 1. The van der Waals surface area contributed by atoms with Gasteiger partial charge >= 0.3 is 12.0 Å². The molecule has 3 aromatic carbocycles. The zero-order valence-corrected chi connectivity index (χ0v) is 23.2. The second-order valence-electron chi connectivity index (χ2n) is 9.39. The summed E-state index contributed by atoms with van der Waals surface area (Å²) < 4.78 is 16.7. The largest absolute Gasteiger partial charge is 0.497 e. The summed E-state index contributed by atoms with van der Waals surface area (Å²) >= 11 is 6.16. The summed E-state index contributed by atoms with van der Waals surface area (Å²) in [7, 11) is 2.99. The summed E-state index contributed by atoms with van der Waals surface area (Å²) in [6, 6.07) is 20.6. The summed E-state index contributed by atoms with van der Waals surface area (Å²) in [6.07, 6.45) is -0.192. The van der Waals surface area contributed by atoms with Crippen LogP contribution < -0.4 is 10.1 Å². The van der Waals surface area contributed by atoms with Gasteiger partial charge in [0.2, 0.25) is 0 Å². The fraction of sp³-hybridized carbons (Fsp3) is 0.333. The van der Waals surface area contributed by atoms with E-state index >= 15 is 0 Å². The Morgan fingerprint density at radius 2 is 1.72 bits per heavy atom. The molecule has 1 heterocycles. The van der Waals surface area contributed by atoms with Crippen molar-refractivity contribution in [2.75, 3.05) is 52.3 Å². The quantitative estimate of drug-likeness (QED) is 0.351. The van der Waals surface area contributed by atoms with Crippen LogP contribution in [-0.2, 0) is 16.1 Å². The molecule has 0 bridgehead atoms. The van der Waals surface area contributed by atoms with Crippen molar-refractivity contribution in [3.05, 3.63) is 94.0 Å². The first-order valence-corrected chi connectivity index (χ1v) is 13.2. The summed E-state index contributed by atoms with van der Waals surface area (Å²) in [5.41, 5.74) is 3.73. The number of methoxy groups -OCH3 is 2. The van der Waals surface area contributed by atoms with Crippen molar-refractivity contribution in [1.82, 2.24) is 9.80 Å². The van der Waals surface area contributed by atoms with Gasteiger partial charge in [-0.25, -0.2) is 9.59 Å². The SMILES string of the molecule is COC(=O)c1cccc(NC(=O)N2CCN(CC(OCc3cccc(Cl)c3)c3cccc(OC)c3)CC2)c1C. The molecule has 0 spiro atoms. The minimum atomic E-state index is -0.430. The average molecular weight is 552 g/mol. The van der Waals surface area contributed by atoms with Gasteiger partial charge in [-0.3, -0.25) is 4.90 Å². The number of hydrogen-bond acceptors (Lipinski definition) is 6. The predicted molar refractivity (Wildman–Crippen MR) is 152 cm³/mol. The summed E-state index contributed by atoms with van der Waals surface area (Å²) in [5.74, 6) is 0.345. The first-order chi connectivity index (χ1) is 18.9. The highest BCUT2D eigenvalue weighted by molar-refractivity contribution is 6.30. The molecule has 206 valence electrons. The van der Waals surface area contributed by atoms with Crippen LogP contribution in [-0.4, -0.2) is 68.7 Å². The van der Waals surface area contributed by atoms with Crippen LogP contribution in [0.2, 0.25) is 5.02 Å². The van der Waals surface area contributed by atoms with E-state index in [1.54, 1.807) is 37.1 Å². The van der Waals surface area contributed by atoms with Crippen LogP contribution in [0.1, 0.15) is 33.2 Å². The Hall–Kier alpha value is -3.59. The van der Waals surface area contributed by atoms with Crippen molar-refractivity contribution in [1.29, 1.82) is 0 Å². The van der Waals surface area contributed by atoms with Crippen LogP contribution in [0, 0.1) is 6.92 Å². The molecule has 1 unspecified atom stereocenters. The summed E-state index contributed by atoms with van der Waals surface area (Å²) in [6.45, 7) is 5.44. The number of amides is 2. The van der Waals surface area contributed by atoms with Crippen LogP contribution in [0.4, 0.5) is 10.5 Å². The molecule has 3 aromatic rings. The number of carbonyl (C=O) groups is 2. The molecule has 0 aromatic heterocycles. The lowest BCUT2D eigenvalue weighted by molar-refractivity contribution is 0.00584. The second-order valence-corrected chi connectivity index (χ2v) is 9.83. The summed E-state index contributed by atoms with van der Waals surface area (Å²) in [4.78, 5) is 29.1. The highest BCUT2D eigenvalue weighted by Crippen LogP contribution is 2.26. The van der Waals surface area contributed by atoms with Gasteiger partial charge < -0.3 is 24.4 Å². The van der Waals surface area contributed by atoms with E-state index in [2.05, 4.69) is 10.2 Å². The Morgan fingerprint density at radius 1 is 0.974 bits per heavy atom. The molecule has 1 aliphatic heterocycles. The highest BCUT2D eigenvalue weighted by atomic mass is 35.5. The lowest BCUT2D eigenvalue weighted by Crippen LogP contribution is -2.50. The fourth-order valence-electron chi connectivity index (χ4n) is 4.58. The van der Waals surface area contributed by atoms with Gasteiger partial charge in [0, 0.05) is 43.4 Å². The maximum absolute atomic E-state index is 13.0. The maximum Gasteiger partial charge on any atom is 0.338 e. The first kappa shape index (κ1) is 28.4. The highest BCUT2D eigenvalue weighted by Gasteiger charge is 2.25. The van der Waals surface area contributed by atoms with Crippen LogP contribution >= 0.6 is 11.6 Å². The van der Waals surface area contributed by atoms with Crippen molar-refractivity contribution in [2.24, 2.45) is 0 Å². The van der Waals surface area contributed by atoms with E-state index in [9.17, 15) is 9.59 Å². The number of urea groups is 1. The number of piperazine rings is 1. The Kier molecular flexibility index (Phi) is 9.81. The Morgan fingerprint density at radius 3 is 2.44 bits per heavy atom. The molecule has 4 rings (SSSR count). The van der Waals surface area contributed by atoms with Crippen molar-refractivity contribution in [3.8, 4) is 5.75 Å². The number of halogens is 1. The molecular weight excluding hydrogens is 518 g/mol. The third-order valence-corrected chi connectivity index (χ3v) is 7.11. The molecule has 1 atom stereocenters. The molecule has 1 aliphatic rings. The molecular formula is C30H34ClN3O5. The van der Waals surface area contributed by atoms with Crippen molar-refractivity contribution in [2.45, 2.75) is 19.6 Å². The van der Waals surface area contributed by atoms with Gasteiger partial charge in [-0.15, -0.1) is 0 Å². The van der Waals surface area contributed by atoms with E-state index in [0.717, 1.165) is 16.9 Å². The smallest absolute Gasteiger partial charge is 0.338 e. The molecule has 8 nitrogen and oxygen atoms in total. The molecule has 9 heteroatoms. The lowest BCUT2D eigenvalue weighted by Gasteiger charge is -2.36. The van der Waals surface area contributed by atoms with E-state index < -0.39 is 5.97 Å². The number of carbonyl (C=O) groups excluding carboxylic acids is 2. The number of hydrogen-bond donors (Lipinski definition) is 1. The average Bonchev–Trinajstić information content (AvgIpc) is 2.96. The number of esters is 1. The van der Waals surface area contributed by atoms with E-state index in [4.69, 9.17) is 25.8 Å². The van der Waals surface area contributed by atoms with Crippen molar-refractivity contribution >= 4 is 29.3 Å². The van der Waals surface area contributed by atoms with Crippen molar-refractivity contribution in [3.63, 3.8) is 0 Å². The topological polar surface area (TPSA) is 80.3 Å².